The van der Waals surface area contributed by atoms with Crippen molar-refractivity contribution in [1.29, 1.82) is 0 Å². The van der Waals surface area contributed by atoms with Crippen LogP contribution >= 0.6 is 0 Å². The Morgan fingerprint density at radius 1 is 1.11 bits per heavy atom. The lowest BCUT2D eigenvalue weighted by atomic mass is 10.1. The highest BCUT2D eigenvalue weighted by Gasteiger charge is 2.03. The molecule has 2 aromatic rings. The van der Waals surface area contributed by atoms with Crippen LogP contribution in [0, 0.1) is 13.8 Å². The average Bonchev–Trinajstić information content (AvgIpc) is 2.34. The standard InChI is InChI=1S/C15H17NO2/c1-10-4-6-14(8-11(10)2)18-15-7-5-13(9-16-15)12(3)17/h4-9,12,17H,1-3H3/t12-/m1/s1. The molecule has 0 aliphatic rings. The van der Waals surface area contributed by atoms with Crippen LogP contribution in [-0.4, -0.2) is 10.1 Å². The van der Waals surface area contributed by atoms with Crippen molar-refractivity contribution in [2.24, 2.45) is 0 Å². The van der Waals surface area contributed by atoms with E-state index in [2.05, 4.69) is 11.9 Å². The summed E-state index contributed by atoms with van der Waals surface area (Å²) in [4.78, 5) is 4.17. The van der Waals surface area contributed by atoms with Gasteiger partial charge in [0.05, 0.1) is 6.10 Å². The van der Waals surface area contributed by atoms with Crippen molar-refractivity contribution in [3.8, 4) is 11.6 Å². The minimum atomic E-state index is -0.506. The van der Waals surface area contributed by atoms with Crippen LogP contribution in [0.2, 0.25) is 0 Å². The van der Waals surface area contributed by atoms with Gasteiger partial charge in [-0.2, -0.15) is 0 Å². The molecule has 0 aliphatic heterocycles. The van der Waals surface area contributed by atoms with Crippen molar-refractivity contribution in [3.05, 3.63) is 53.2 Å². The second kappa shape index (κ2) is 5.19. The van der Waals surface area contributed by atoms with Gasteiger partial charge in [-0.05, 0) is 55.7 Å². The molecule has 3 nitrogen and oxygen atoms in total. The fourth-order valence-corrected chi connectivity index (χ4v) is 1.60. The first-order valence-corrected chi connectivity index (χ1v) is 5.95. The molecule has 1 heterocycles. The molecule has 94 valence electrons. The third-order valence-electron chi connectivity index (χ3n) is 2.94. The molecule has 2 rings (SSSR count). The normalized spacial score (nSPS) is 12.2. The summed E-state index contributed by atoms with van der Waals surface area (Å²) in [6.07, 6.45) is 1.12. The predicted molar refractivity (Wildman–Crippen MR) is 70.9 cm³/mol. The Balaban J connectivity index is 2.15. The summed E-state index contributed by atoms with van der Waals surface area (Å²) < 4.78 is 5.66. The van der Waals surface area contributed by atoms with E-state index in [0.717, 1.165) is 11.3 Å². The van der Waals surface area contributed by atoms with Crippen molar-refractivity contribution in [1.82, 2.24) is 4.98 Å². The molecular formula is C15H17NO2. The fourth-order valence-electron chi connectivity index (χ4n) is 1.60. The van der Waals surface area contributed by atoms with E-state index in [4.69, 9.17) is 4.74 Å². The summed E-state index contributed by atoms with van der Waals surface area (Å²) in [6.45, 7) is 5.82. The molecule has 0 bridgehead atoms. The van der Waals surface area contributed by atoms with Crippen LogP contribution in [0.1, 0.15) is 29.7 Å². The third-order valence-corrected chi connectivity index (χ3v) is 2.94. The quantitative estimate of drug-likeness (QED) is 0.896. The maximum absolute atomic E-state index is 9.39. The summed E-state index contributed by atoms with van der Waals surface area (Å²) in [5, 5.41) is 9.39. The number of aryl methyl sites for hydroxylation is 2. The van der Waals surface area contributed by atoms with Gasteiger partial charge < -0.3 is 9.84 Å². The Hall–Kier alpha value is -1.87. The smallest absolute Gasteiger partial charge is 0.219 e. The van der Waals surface area contributed by atoms with Crippen LogP contribution in [0.15, 0.2) is 36.5 Å². The highest BCUT2D eigenvalue weighted by Crippen LogP contribution is 2.23. The van der Waals surface area contributed by atoms with Crippen LogP contribution in [0.3, 0.4) is 0 Å². The summed E-state index contributed by atoms with van der Waals surface area (Å²) in [7, 11) is 0. The van der Waals surface area contributed by atoms with Gasteiger partial charge in [0, 0.05) is 12.3 Å². The lowest BCUT2D eigenvalue weighted by Crippen LogP contribution is -1.94. The van der Waals surface area contributed by atoms with E-state index in [0.29, 0.717) is 5.88 Å². The molecule has 0 amide bonds. The summed E-state index contributed by atoms with van der Waals surface area (Å²) in [5.74, 6) is 1.30. The summed E-state index contributed by atoms with van der Waals surface area (Å²) in [6, 6.07) is 9.51. The van der Waals surface area contributed by atoms with Crippen molar-refractivity contribution in [3.63, 3.8) is 0 Å². The average molecular weight is 243 g/mol. The Labute approximate surface area is 107 Å². The number of aliphatic hydroxyl groups is 1. The zero-order valence-corrected chi connectivity index (χ0v) is 10.8. The number of aromatic nitrogens is 1. The van der Waals surface area contributed by atoms with E-state index < -0.39 is 6.10 Å². The van der Waals surface area contributed by atoms with Gasteiger partial charge in [0.2, 0.25) is 5.88 Å². The molecule has 1 atom stereocenters. The monoisotopic (exact) mass is 243 g/mol. The molecule has 0 saturated heterocycles. The molecule has 18 heavy (non-hydrogen) atoms. The fraction of sp³-hybridized carbons (Fsp3) is 0.267. The van der Waals surface area contributed by atoms with Gasteiger partial charge >= 0.3 is 0 Å². The topological polar surface area (TPSA) is 42.4 Å². The first kappa shape index (κ1) is 12.6. The molecule has 1 N–H and O–H groups in total. The zero-order valence-electron chi connectivity index (χ0n) is 10.8. The second-order valence-corrected chi connectivity index (χ2v) is 4.45. The SMILES string of the molecule is Cc1ccc(Oc2ccc([C@@H](C)O)cn2)cc1C. The van der Waals surface area contributed by atoms with E-state index in [1.54, 1.807) is 19.2 Å². The highest BCUT2D eigenvalue weighted by molar-refractivity contribution is 5.36. The van der Waals surface area contributed by atoms with Gasteiger partial charge in [-0.25, -0.2) is 4.98 Å². The van der Waals surface area contributed by atoms with Crippen LogP contribution in [0.25, 0.3) is 0 Å². The van der Waals surface area contributed by atoms with E-state index in [9.17, 15) is 5.11 Å². The Morgan fingerprint density at radius 2 is 1.89 bits per heavy atom. The molecule has 1 aromatic carbocycles. The van der Waals surface area contributed by atoms with Gasteiger partial charge in [-0.15, -0.1) is 0 Å². The Bertz CT molecular complexity index is 533. The van der Waals surface area contributed by atoms with Crippen molar-refractivity contribution < 1.29 is 9.84 Å². The third kappa shape index (κ3) is 2.87. The second-order valence-electron chi connectivity index (χ2n) is 4.45. The van der Waals surface area contributed by atoms with Crippen LogP contribution in [0.5, 0.6) is 11.6 Å². The first-order chi connectivity index (χ1) is 8.56. The molecule has 0 aliphatic carbocycles. The van der Waals surface area contributed by atoms with Gasteiger partial charge in [0.1, 0.15) is 5.75 Å². The number of pyridine rings is 1. The number of nitrogens with zero attached hydrogens (tertiary/aromatic N) is 1. The van der Waals surface area contributed by atoms with Gasteiger partial charge in [0.25, 0.3) is 0 Å². The van der Waals surface area contributed by atoms with Crippen LogP contribution in [0.4, 0.5) is 0 Å². The molecule has 0 saturated carbocycles. The molecule has 0 spiro atoms. The number of rotatable bonds is 3. The Kier molecular flexibility index (Phi) is 3.63. The Morgan fingerprint density at radius 3 is 2.44 bits per heavy atom. The lowest BCUT2D eigenvalue weighted by Gasteiger charge is -2.08. The minimum absolute atomic E-state index is 0.506. The van der Waals surface area contributed by atoms with Gasteiger partial charge in [-0.1, -0.05) is 6.07 Å². The molecule has 0 fully saturated rings. The van der Waals surface area contributed by atoms with E-state index in [-0.39, 0.29) is 0 Å². The predicted octanol–water partition coefficient (Wildman–Crippen LogP) is 3.54. The molecule has 3 heteroatoms. The molecule has 1 aromatic heterocycles. The highest BCUT2D eigenvalue weighted by atomic mass is 16.5. The largest absolute Gasteiger partial charge is 0.439 e. The number of benzene rings is 1. The number of hydrogen-bond acceptors (Lipinski definition) is 3. The van der Waals surface area contributed by atoms with Crippen molar-refractivity contribution >= 4 is 0 Å². The minimum Gasteiger partial charge on any atom is -0.439 e. The summed E-state index contributed by atoms with van der Waals surface area (Å²) in [5.41, 5.74) is 3.20. The molecular weight excluding hydrogens is 226 g/mol. The van der Waals surface area contributed by atoms with E-state index in [1.165, 1.54) is 11.1 Å². The summed E-state index contributed by atoms with van der Waals surface area (Å²) >= 11 is 0. The van der Waals surface area contributed by atoms with Crippen LogP contribution < -0.4 is 4.74 Å². The number of hydrogen-bond donors (Lipinski definition) is 1. The van der Waals surface area contributed by atoms with E-state index >= 15 is 0 Å². The van der Waals surface area contributed by atoms with Gasteiger partial charge in [0.15, 0.2) is 0 Å². The van der Waals surface area contributed by atoms with Crippen molar-refractivity contribution in [2.45, 2.75) is 26.9 Å². The van der Waals surface area contributed by atoms with E-state index in [1.807, 2.05) is 31.2 Å². The molecule has 0 unspecified atom stereocenters. The van der Waals surface area contributed by atoms with Crippen LogP contribution in [-0.2, 0) is 0 Å². The maximum atomic E-state index is 9.39. The number of ether oxygens (including phenoxy) is 1. The van der Waals surface area contributed by atoms with Gasteiger partial charge in [-0.3, -0.25) is 0 Å². The first-order valence-electron chi connectivity index (χ1n) is 5.95. The molecule has 0 radical (unpaired) electrons. The zero-order chi connectivity index (χ0) is 13.1. The number of aliphatic hydroxyl groups excluding tert-OH is 1. The lowest BCUT2D eigenvalue weighted by molar-refractivity contribution is 0.198. The maximum Gasteiger partial charge on any atom is 0.219 e. The van der Waals surface area contributed by atoms with Crippen molar-refractivity contribution in [2.75, 3.05) is 0 Å².